The molecule has 1 atom stereocenters. The molecule has 2 aromatic rings. The molecular formula is C12H10BrNO. The van der Waals surface area contributed by atoms with E-state index in [1.165, 1.54) is 5.52 Å². The third-order valence-corrected chi connectivity index (χ3v) is 3.96. The highest BCUT2D eigenvalue weighted by Gasteiger charge is 2.26. The summed E-state index contributed by atoms with van der Waals surface area (Å²) in [5.41, 5.74) is 3.17. The van der Waals surface area contributed by atoms with E-state index in [1.54, 1.807) is 0 Å². The lowest BCUT2D eigenvalue weighted by Gasteiger charge is -1.99. The minimum atomic E-state index is 0.324. The standard InChI is InChI=1S/C12H10BrNO/c13-10-5-6-14-11-4-2-1-3-8(11)9(7-15)12(10)14/h1-4,7,10H,5-6H2. The number of alkyl halides is 1. The van der Waals surface area contributed by atoms with Crippen LogP contribution in [0.5, 0.6) is 0 Å². The molecule has 1 aliphatic heterocycles. The van der Waals surface area contributed by atoms with Gasteiger partial charge in [0.1, 0.15) is 0 Å². The van der Waals surface area contributed by atoms with Gasteiger partial charge >= 0.3 is 0 Å². The highest BCUT2D eigenvalue weighted by Crippen LogP contribution is 2.40. The van der Waals surface area contributed by atoms with E-state index in [2.05, 4.69) is 26.6 Å². The Morgan fingerprint density at radius 1 is 1.40 bits per heavy atom. The topological polar surface area (TPSA) is 22.0 Å². The lowest BCUT2D eigenvalue weighted by molar-refractivity contribution is 0.112. The minimum absolute atomic E-state index is 0.324. The maximum atomic E-state index is 11.2. The Morgan fingerprint density at radius 3 is 3.00 bits per heavy atom. The van der Waals surface area contributed by atoms with Crippen LogP contribution in [0.4, 0.5) is 0 Å². The molecule has 3 rings (SSSR count). The molecule has 2 heterocycles. The van der Waals surface area contributed by atoms with Crippen LogP contribution in [0.1, 0.15) is 27.3 Å². The summed E-state index contributed by atoms with van der Waals surface area (Å²) in [6.07, 6.45) is 2.05. The van der Waals surface area contributed by atoms with Gasteiger partial charge in [-0.2, -0.15) is 0 Å². The Kier molecular flexibility index (Phi) is 1.96. The Morgan fingerprint density at radius 2 is 2.20 bits per heavy atom. The second-order valence-electron chi connectivity index (χ2n) is 3.84. The number of para-hydroxylation sites is 1. The number of aromatic nitrogens is 1. The number of carbonyl (C=O) groups excluding carboxylic acids is 1. The molecule has 0 radical (unpaired) electrons. The quantitative estimate of drug-likeness (QED) is 0.572. The summed E-state index contributed by atoms with van der Waals surface area (Å²) in [4.78, 5) is 11.5. The van der Waals surface area contributed by atoms with Gasteiger partial charge in [-0.15, -0.1) is 0 Å². The number of hydrogen-bond acceptors (Lipinski definition) is 1. The molecule has 0 spiro atoms. The molecule has 0 N–H and O–H groups in total. The first kappa shape index (κ1) is 9.16. The number of carbonyl (C=O) groups is 1. The molecule has 0 amide bonds. The average molecular weight is 264 g/mol. The van der Waals surface area contributed by atoms with Gasteiger partial charge in [0.25, 0.3) is 0 Å². The van der Waals surface area contributed by atoms with Crippen molar-refractivity contribution in [2.45, 2.75) is 17.8 Å². The largest absolute Gasteiger partial charge is 0.343 e. The van der Waals surface area contributed by atoms with E-state index in [0.717, 1.165) is 35.9 Å². The Hall–Kier alpha value is -1.09. The first-order valence-electron chi connectivity index (χ1n) is 5.03. The molecule has 2 nitrogen and oxygen atoms in total. The van der Waals surface area contributed by atoms with Gasteiger partial charge in [-0.25, -0.2) is 0 Å². The van der Waals surface area contributed by atoms with Crippen LogP contribution in [0, 0.1) is 0 Å². The number of fused-ring (bicyclic) bond motifs is 3. The van der Waals surface area contributed by atoms with Gasteiger partial charge in [0.05, 0.1) is 4.83 Å². The van der Waals surface area contributed by atoms with Crippen molar-refractivity contribution in [2.24, 2.45) is 0 Å². The Labute approximate surface area is 96.0 Å². The monoisotopic (exact) mass is 263 g/mol. The second kappa shape index (κ2) is 3.20. The zero-order chi connectivity index (χ0) is 10.4. The first-order chi connectivity index (χ1) is 7.33. The molecule has 0 saturated carbocycles. The van der Waals surface area contributed by atoms with Crippen LogP contribution in [0.15, 0.2) is 24.3 Å². The molecule has 1 aromatic heterocycles. The van der Waals surface area contributed by atoms with Crippen LogP contribution < -0.4 is 0 Å². The predicted molar refractivity (Wildman–Crippen MR) is 63.6 cm³/mol. The third kappa shape index (κ3) is 1.13. The van der Waals surface area contributed by atoms with Crippen molar-refractivity contribution in [1.29, 1.82) is 0 Å². The van der Waals surface area contributed by atoms with Crippen LogP contribution in [-0.2, 0) is 6.54 Å². The summed E-state index contributed by atoms with van der Waals surface area (Å²) < 4.78 is 2.25. The van der Waals surface area contributed by atoms with E-state index >= 15 is 0 Å². The van der Waals surface area contributed by atoms with Crippen molar-refractivity contribution in [3.8, 4) is 0 Å². The fraction of sp³-hybridized carbons (Fsp3) is 0.250. The van der Waals surface area contributed by atoms with Gasteiger partial charge in [0.2, 0.25) is 0 Å². The summed E-state index contributed by atoms with van der Waals surface area (Å²) >= 11 is 3.63. The molecular weight excluding hydrogens is 254 g/mol. The van der Waals surface area contributed by atoms with Crippen molar-refractivity contribution < 1.29 is 4.79 Å². The van der Waals surface area contributed by atoms with Crippen molar-refractivity contribution in [3.63, 3.8) is 0 Å². The summed E-state index contributed by atoms with van der Waals surface area (Å²) in [5.74, 6) is 0. The second-order valence-corrected chi connectivity index (χ2v) is 4.95. The number of aldehydes is 1. The maximum absolute atomic E-state index is 11.2. The summed E-state index contributed by atoms with van der Waals surface area (Å²) in [6.45, 7) is 1.000. The van der Waals surface area contributed by atoms with Gasteiger partial charge < -0.3 is 4.57 Å². The summed E-state index contributed by atoms with van der Waals surface area (Å²) in [7, 11) is 0. The number of aryl methyl sites for hydroxylation is 1. The van der Waals surface area contributed by atoms with Crippen LogP contribution in [-0.4, -0.2) is 10.9 Å². The van der Waals surface area contributed by atoms with Crippen LogP contribution in [0.3, 0.4) is 0 Å². The van der Waals surface area contributed by atoms with E-state index in [-0.39, 0.29) is 0 Å². The van der Waals surface area contributed by atoms with Crippen LogP contribution >= 0.6 is 15.9 Å². The fourth-order valence-electron chi connectivity index (χ4n) is 2.43. The van der Waals surface area contributed by atoms with Gasteiger partial charge in [-0.3, -0.25) is 4.79 Å². The SMILES string of the molecule is O=Cc1c2n(c3ccccc13)CCC2Br. The van der Waals surface area contributed by atoms with Crippen molar-refractivity contribution in [1.82, 2.24) is 4.57 Å². The van der Waals surface area contributed by atoms with Gasteiger partial charge in [-0.05, 0) is 12.5 Å². The third-order valence-electron chi connectivity index (χ3n) is 3.07. The Bertz CT molecular complexity index is 544. The smallest absolute Gasteiger partial charge is 0.152 e. The zero-order valence-electron chi connectivity index (χ0n) is 8.11. The summed E-state index contributed by atoms with van der Waals surface area (Å²) in [5, 5.41) is 1.08. The molecule has 1 aliphatic rings. The minimum Gasteiger partial charge on any atom is -0.343 e. The van der Waals surface area contributed by atoms with E-state index in [9.17, 15) is 4.79 Å². The van der Waals surface area contributed by atoms with Crippen LogP contribution in [0.25, 0.3) is 10.9 Å². The molecule has 3 heteroatoms. The van der Waals surface area contributed by atoms with Gasteiger partial charge in [0.15, 0.2) is 6.29 Å². The molecule has 0 saturated heterocycles. The average Bonchev–Trinajstić information content (AvgIpc) is 2.78. The molecule has 15 heavy (non-hydrogen) atoms. The number of rotatable bonds is 1. The van der Waals surface area contributed by atoms with Gasteiger partial charge in [0, 0.05) is 28.7 Å². The molecule has 76 valence electrons. The van der Waals surface area contributed by atoms with Crippen molar-refractivity contribution in [3.05, 3.63) is 35.5 Å². The van der Waals surface area contributed by atoms with E-state index in [4.69, 9.17) is 0 Å². The molecule has 0 bridgehead atoms. The first-order valence-corrected chi connectivity index (χ1v) is 5.95. The normalized spacial score (nSPS) is 19.4. The molecule has 0 aliphatic carbocycles. The molecule has 1 unspecified atom stereocenters. The molecule has 1 aromatic carbocycles. The summed E-state index contributed by atoms with van der Waals surface area (Å²) in [6, 6.07) is 8.10. The number of benzene rings is 1. The van der Waals surface area contributed by atoms with E-state index < -0.39 is 0 Å². The fourth-order valence-corrected chi connectivity index (χ4v) is 3.13. The van der Waals surface area contributed by atoms with Crippen molar-refractivity contribution in [2.75, 3.05) is 0 Å². The van der Waals surface area contributed by atoms with Gasteiger partial charge in [-0.1, -0.05) is 34.1 Å². The number of hydrogen-bond donors (Lipinski definition) is 0. The lowest BCUT2D eigenvalue weighted by Crippen LogP contribution is -1.92. The Balaban J connectivity index is 2.46. The maximum Gasteiger partial charge on any atom is 0.152 e. The lowest BCUT2D eigenvalue weighted by atomic mass is 10.1. The number of nitrogens with zero attached hydrogens (tertiary/aromatic N) is 1. The van der Waals surface area contributed by atoms with Crippen molar-refractivity contribution >= 4 is 33.1 Å². The number of halogens is 1. The zero-order valence-corrected chi connectivity index (χ0v) is 9.70. The highest BCUT2D eigenvalue weighted by molar-refractivity contribution is 9.09. The van der Waals surface area contributed by atoms with E-state index in [1.807, 2.05) is 18.2 Å². The predicted octanol–water partition coefficient (Wildman–Crippen LogP) is 3.29. The molecule has 0 fully saturated rings. The van der Waals surface area contributed by atoms with Crippen LogP contribution in [0.2, 0.25) is 0 Å². The van der Waals surface area contributed by atoms with E-state index in [0.29, 0.717) is 4.83 Å². The highest BCUT2D eigenvalue weighted by atomic mass is 79.9.